The molecule has 0 amide bonds. The second kappa shape index (κ2) is 5.36. The zero-order valence-corrected chi connectivity index (χ0v) is 10.4. The van der Waals surface area contributed by atoms with Crippen molar-refractivity contribution >= 4 is 0 Å². The van der Waals surface area contributed by atoms with Gasteiger partial charge in [-0.05, 0) is 24.6 Å². The summed E-state index contributed by atoms with van der Waals surface area (Å²) in [4.78, 5) is 3.87. The average molecular weight is 262 g/mol. The summed E-state index contributed by atoms with van der Waals surface area (Å²) < 4.78 is 20.8. The highest BCUT2D eigenvalue weighted by atomic mass is 19.1. The molecule has 0 saturated carbocycles. The summed E-state index contributed by atoms with van der Waals surface area (Å²) in [5.74, 6) is -0.365. The number of hydrogen-bond acceptors (Lipinski definition) is 4. The van der Waals surface area contributed by atoms with Crippen LogP contribution in [0.4, 0.5) is 4.39 Å². The van der Waals surface area contributed by atoms with E-state index in [2.05, 4.69) is 15.4 Å². The molecule has 0 bridgehead atoms. The van der Waals surface area contributed by atoms with Gasteiger partial charge in [0.05, 0.1) is 5.69 Å². The van der Waals surface area contributed by atoms with Gasteiger partial charge in [-0.3, -0.25) is 4.68 Å². The maximum absolute atomic E-state index is 13.4. The molecule has 5 nitrogen and oxygen atoms in total. The van der Waals surface area contributed by atoms with Gasteiger partial charge in [-0.2, -0.15) is 5.10 Å². The molecule has 2 aromatic heterocycles. The number of nitrogens with zero attached hydrogens (tertiary/aromatic N) is 3. The van der Waals surface area contributed by atoms with Crippen molar-refractivity contribution in [2.75, 3.05) is 6.61 Å². The van der Waals surface area contributed by atoms with Gasteiger partial charge < -0.3 is 10.1 Å². The van der Waals surface area contributed by atoms with Crippen LogP contribution >= 0.6 is 0 Å². The van der Waals surface area contributed by atoms with Gasteiger partial charge in [-0.15, -0.1) is 0 Å². The second-order valence-corrected chi connectivity index (χ2v) is 4.51. The van der Waals surface area contributed by atoms with Gasteiger partial charge in [0.25, 0.3) is 0 Å². The minimum Gasteiger partial charge on any atom is -0.474 e. The molecule has 0 saturated heterocycles. The van der Waals surface area contributed by atoms with Crippen molar-refractivity contribution in [1.82, 2.24) is 20.1 Å². The van der Waals surface area contributed by atoms with Crippen LogP contribution in [0.15, 0.2) is 30.6 Å². The van der Waals surface area contributed by atoms with Crippen LogP contribution in [-0.4, -0.2) is 27.4 Å². The van der Waals surface area contributed by atoms with E-state index in [1.807, 2.05) is 10.7 Å². The number of rotatable bonds is 3. The van der Waals surface area contributed by atoms with E-state index in [-0.39, 0.29) is 11.9 Å². The van der Waals surface area contributed by atoms with Crippen LogP contribution < -0.4 is 10.1 Å². The third kappa shape index (κ3) is 2.73. The topological polar surface area (TPSA) is 52.0 Å². The van der Waals surface area contributed by atoms with Crippen LogP contribution in [0.2, 0.25) is 0 Å². The number of pyridine rings is 1. The minimum atomic E-state index is -0.427. The fraction of sp³-hybridized carbons (Fsp3) is 0.385. The lowest BCUT2D eigenvalue weighted by molar-refractivity contribution is 0.237. The summed E-state index contributed by atoms with van der Waals surface area (Å²) in [6.45, 7) is 1.99. The van der Waals surface area contributed by atoms with E-state index in [1.165, 1.54) is 12.3 Å². The first-order chi connectivity index (χ1) is 9.33. The first kappa shape index (κ1) is 12.1. The van der Waals surface area contributed by atoms with Crippen LogP contribution in [0.25, 0.3) is 0 Å². The molecule has 0 aromatic carbocycles. The van der Waals surface area contributed by atoms with Crippen molar-refractivity contribution < 1.29 is 9.13 Å². The van der Waals surface area contributed by atoms with E-state index in [4.69, 9.17) is 4.74 Å². The van der Waals surface area contributed by atoms with Gasteiger partial charge in [-0.25, -0.2) is 9.37 Å². The van der Waals surface area contributed by atoms with E-state index >= 15 is 0 Å². The monoisotopic (exact) mass is 262 g/mol. The summed E-state index contributed by atoms with van der Waals surface area (Å²) in [6.07, 6.45) is 4.22. The van der Waals surface area contributed by atoms with E-state index in [0.29, 0.717) is 6.61 Å². The Morgan fingerprint density at radius 2 is 2.37 bits per heavy atom. The summed E-state index contributed by atoms with van der Waals surface area (Å²) in [6, 6.07) is 5.06. The van der Waals surface area contributed by atoms with Crippen molar-refractivity contribution in [2.45, 2.75) is 25.6 Å². The van der Waals surface area contributed by atoms with Gasteiger partial charge in [0.2, 0.25) is 5.88 Å². The number of hydrogen-bond donors (Lipinski definition) is 1. The Kier molecular flexibility index (Phi) is 3.41. The summed E-state index contributed by atoms with van der Waals surface area (Å²) >= 11 is 0. The van der Waals surface area contributed by atoms with Gasteiger partial charge in [-0.1, -0.05) is 0 Å². The van der Waals surface area contributed by atoms with Crippen molar-refractivity contribution in [3.05, 3.63) is 42.1 Å². The van der Waals surface area contributed by atoms with Gasteiger partial charge in [0, 0.05) is 31.5 Å². The molecule has 1 atom stereocenters. The molecule has 0 aliphatic carbocycles. The molecule has 3 heterocycles. The highest BCUT2D eigenvalue weighted by Crippen LogP contribution is 2.13. The number of halogens is 1. The first-order valence-electron chi connectivity index (χ1n) is 6.30. The normalized spacial score (nSPS) is 18.7. The van der Waals surface area contributed by atoms with Crippen LogP contribution in [0.1, 0.15) is 12.1 Å². The Hall–Kier alpha value is -1.95. The molecule has 2 aromatic rings. The molecule has 1 aliphatic rings. The maximum atomic E-state index is 13.4. The maximum Gasteiger partial charge on any atom is 0.250 e. The third-order valence-corrected chi connectivity index (χ3v) is 3.21. The zero-order chi connectivity index (χ0) is 13.1. The van der Waals surface area contributed by atoms with Crippen LogP contribution in [0.5, 0.6) is 5.88 Å². The number of fused-ring (bicyclic) bond motifs is 1. The van der Waals surface area contributed by atoms with E-state index in [0.717, 1.165) is 25.2 Å². The van der Waals surface area contributed by atoms with Crippen molar-refractivity contribution in [3.8, 4) is 5.88 Å². The minimum absolute atomic E-state index is 0.0614. The first-order valence-corrected chi connectivity index (χ1v) is 6.30. The van der Waals surface area contributed by atoms with Gasteiger partial charge in [0.15, 0.2) is 5.82 Å². The molecule has 1 N–H and O–H groups in total. The quantitative estimate of drug-likeness (QED) is 0.907. The summed E-state index contributed by atoms with van der Waals surface area (Å²) in [5.41, 5.74) is 1.16. The Labute approximate surface area is 110 Å². The number of nitrogens with one attached hydrogen (secondary N) is 1. The number of ether oxygens (including phenoxy) is 1. The number of aromatic nitrogens is 3. The lowest BCUT2D eigenvalue weighted by Crippen LogP contribution is -2.33. The van der Waals surface area contributed by atoms with E-state index in [9.17, 15) is 4.39 Å². The van der Waals surface area contributed by atoms with Crippen LogP contribution in [0, 0.1) is 5.82 Å². The molecule has 0 spiro atoms. The lowest BCUT2D eigenvalue weighted by Gasteiger charge is -2.15. The highest BCUT2D eigenvalue weighted by Gasteiger charge is 2.16. The molecule has 1 aliphatic heterocycles. The SMILES string of the molecule is Fc1cccnc1OC[C@H]1CCn2nccc2CN1. The third-order valence-electron chi connectivity index (χ3n) is 3.21. The summed E-state index contributed by atoms with van der Waals surface area (Å²) in [5, 5.41) is 7.62. The van der Waals surface area contributed by atoms with Gasteiger partial charge >= 0.3 is 0 Å². The van der Waals surface area contributed by atoms with Crippen LogP contribution in [0.3, 0.4) is 0 Å². The molecule has 0 fully saturated rings. The Morgan fingerprint density at radius 3 is 3.26 bits per heavy atom. The molecule has 3 rings (SSSR count). The molecule has 6 heteroatoms. The van der Waals surface area contributed by atoms with Gasteiger partial charge in [0.1, 0.15) is 6.61 Å². The largest absolute Gasteiger partial charge is 0.474 e. The molecular formula is C13H15FN4O. The smallest absolute Gasteiger partial charge is 0.250 e. The van der Waals surface area contributed by atoms with Crippen LogP contribution in [-0.2, 0) is 13.1 Å². The fourth-order valence-electron chi connectivity index (χ4n) is 2.14. The zero-order valence-electron chi connectivity index (χ0n) is 10.4. The predicted molar refractivity (Wildman–Crippen MR) is 67.2 cm³/mol. The molecule has 19 heavy (non-hydrogen) atoms. The lowest BCUT2D eigenvalue weighted by atomic mass is 10.2. The molecular weight excluding hydrogens is 247 g/mol. The van der Waals surface area contributed by atoms with Crippen molar-refractivity contribution in [1.29, 1.82) is 0 Å². The Bertz CT molecular complexity index is 535. The predicted octanol–water partition coefficient (Wildman–Crippen LogP) is 1.36. The Balaban J connectivity index is 1.57. The Morgan fingerprint density at radius 1 is 1.42 bits per heavy atom. The number of aryl methyl sites for hydroxylation is 1. The molecule has 100 valence electrons. The standard InChI is InChI=1S/C13H15FN4O/c14-12-2-1-5-15-13(12)19-9-10-4-7-18-11(8-16-10)3-6-17-18/h1-3,5-6,10,16H,4,7-9H2/t10-/m1/s1. The van der Waals surface area contributed by atoms with E-state index < -0.39 is 5.82 Å². The second-order valence-electron chi connectivity index (χ2n) is 4.51. The average Bonchev–Trinajstić information content (AvgIpc) is 2.79. The summed E-state index contributed by atoms with van der Waals surface area (Å²) in [7, 11) is 0. The highest BCUT2D eigenvalue weighted by molar-refractivity contribution is 5.12. The molecule has 0 unspecified atom stereocenters. The fourth-order valence-corrected chi connectivity index (χ4v) is 2.14. The molecule has 0 radical (unpaired) electrons. The van der Waals surface area contributed by atoms with Crippen molar-refractivity contribution in [2.24, 2.45) is 0 Å². The van der Waals surface area contributed by atoms with Crippen molar-refractivity contribution in [3.63, 3.8) is 0 Å². The van der Waals surface area contributed by atoms with E-state index in [1.54, 1.807) is 12.3 Å².